The van der Waals surface area contributed by atoms with Crippen molar-refractivity contribution < 1.29 is 14.3 Å². The zero-order valence-electron chi connectivity index (χ0n) is 14.7. The van der Waals surface area contributed by atoms with E-state index in [0.717, 1.165) is 12.0 Å². The molecule has 130 valence electrons. The predicted molar refractivity (Wildman–Crippen MR) is 98.4 cm³/mol. The van der Waals surface area contributed by atoms with E-state index in [1.54, 1.807) is 6.08 Å². The van der Waals surface area contributed by atoms with Crippen LogP contribution in [0.3, 0.4) is 0 Å². The summed E-state index contributed by atoms with van der Waals surface area (Å²) >= 11 is 0. The average Bonchev–Trinajstić information content (AvgIpc) is 2.62. The third-order valence-corrected chi connectivity index (χ3v) is 4.25. The van der Waals surface area contributed by atoms with Crippen LogP contribution in [-0.2, 0) is 9.47 Å². The van der Waals surface area contributed by atoms with Gasteiger partial charge < -0.3 is 9.47 Å². The fourth-order valence-electron chi connectivity index (χ4n) is 3.15. The number of ether oxygens (including phenoxy) is 2. The lowest BCUT2D eigenvalue weighted by molar-refractivity contribution is -0.301. The minimum atomic E-state index is -0.638. The van der Waals surface area contributed by atoms with Crippen molar-refractivity contribution in [2.45, 2.75) is 44.7 Å². The Kier molecular flexibility index (Phi) is 5.47. The third-order valence-electron chi connectivity index (χ3n) is 4.25. The lowest BCUT2D eigenvalue weighted by atomic mass is 9.99. The Morgan fingerprint density at radius 2 is 1.68 bits per heavy atom. The molecular weight excluding hydrogens is 312 g/mol. The molecule has 0 unspecified atom stereocenters. The van der Waals surface area contributed by atoms with Gasteiger partial charge in [0.05, 0.1) is 12.2 Å². The second kappa shape index (κ2) is 7.77. The molecule has 0 amide bonds. The van der Waals surface area contributed by atoms with Crippen molar-refractivity contribution in [2.24, 2.45) is 0 Å². The van der Waals surface area contributed by atoms with E-state index in [-0.39, 0.29) is 18.0 Å². The van der Waals surface area contributed by atoms with Crippen molar-refractivity contribution in [1.29, 1.82) is 0 Å². The molecule has 25 heavy (non-hydrogen) atoms. The number of carbonyl (C=O) groups excluding carboxylic acids is 1. The number of hydrogen-bond acceptors (Lipinski definition) is 3. The van der Waals surface area contributed by atoms with Gasteiger partial charge in [0.15, 0.2) is 11.6 Å². The average molecular weight is 336 g/mol. The summed E-state index contributed by atoms with van der Waals surface area (Å²) in [6.45, 7) is 3.88. The number of allylic oxidation sites excluding steroid dienone is 1. The highest BCUT2D eigenvalue weighted by Gasteiger charge is 2.35. The van der Waals surface area contributed by atoms with E-state index in [4.69, 9.17) is 9.47 Å². The first-order valence-corrected chi connectivity index (χ1v) is 8.70. The molecule has 2 aromatic rings. The van der Waals surface area contributed by atoms with Crippen LogP contribution in [0.1, 0.15) is 48.7 Å². The Balaban J connectivity index is 1.63. The van der Waals surface area contributed by atoms with Crippen LogP contribution in [0.4, 0.5) is 0 Å². The normalized spacial score (nSPS) is 22.8. The zero-order valence-corrected chi connectivity index (χ0v) is 14.7. The van der Waals surface area contributed by atoms with Crippen molar-refractivity contribution >= 4 is 5.78 Å². The van der Waals surface area contributed by atoms with E-state index < -0.39 is 5.79 Å². The standard InChI is InChI=1S/C22H24O3/c1-22(2)24-19(16-21(25-22)18-12-7-4-8-13-18)14-9-15-20(23)17-10-5-3-6-11-17/h3-13,15,19,21H,14,16H2,1-2H3/b15-9+/t19-,21-/m0/s1. The van der Waals surface area contributed by atoms with E-state index >= 15 is 0 Å². The topological polar surface area (TPSA) is 35.5 Å². The Morgan fingerprint density at radius 1 is 1.04 bits per heavy atom. The van der Waals surface area contributed by atoms with E-state index in [9.17, 15) is 4.79 Å². The molecule has 0 radical (unpaired) electrons. The summed E-state index contributed by atoms with van der Waals surface area (Å²) in [5, 5.41) is 0. The molecule has 0 aliphatic carbocycles. The molecule has 3 heteroatoms. The molecule has 3 nitrogen and oxygen atoms in total. The second-order valence-corrected chi connectivity index (χ2v) is 6.76. The van der Waals surface area contributed by atoms with Crippen molar-refractivity contribution in [3.8, 4) is 0 Å². The van der Waals surface area contributed by atoms with Gasteiger partial charge in [-0.05, 0) is 31.9 Å². The van der Waals surface area contributed by atoms with Crippen molar-refractivity contribution in [3.05, 3.63) is 83.9 Å². The summed E-state index contributed by atoms with van der Waals surface area (Å²) < 4.78 is 12.1. The highest BCUT2D eigenvalue weighted by molar-refractivity contribution is 6.04. The molecular formula is C22H24O3. The minimum absolute atomic E-state index is 0.00757. The van der Waals surface area contributed by atoms with Gasteiger partial charge in [0.1, 0.15) is 0 Å². The molecule has 2 aromatic carbocycles. The van der Waals surface area contributed by atoms with Crippen LogP contribution >= 0.6 is 0 Å². The lowest BCUT2D eigenvalue weighted by Crippen LogP contribution is -2.41. The van der Waals surface area contributed by atoms with Crippen molar-refractivity contribution in [2.75, 3.05) is 0 Å². The number of benzene rings is 2. The molecule has 1 fully saturated rings. The molecule has 2 atom stereocenters. The van der Waals surface area contributed by atoms with Crippen LogP contribution in [0.15, 0.2) is 72.8 Å². The Labute approximate surface area is 149 Å². The third kappa shape index (κ3) is 4.88. The fraction of sp³-hybridized carbons (Fsp3) is 0.318. The number of hydrogen-bond donors (Lipinski definition) is 0. The number of ketones is 1. The summed E-state index contributed by atoms with van der Waals surface area (Å²) in [7, 11) is 0. The Morgan fingerprint density at radius 3 is 2.36 bits per heavy atom. The summed E-state index contributed by atoms with van der Waals surface area (Å²) in [4.78, 5) is 12.1. The first kappa shape index (κ1) is 17.6. The van der Waals surface area contributed by atoms with Crippen LogP contribution in [0, 0.1) is 0 Å². The van der Waals surface area contributed by atoms with Gasteiger partial charge in [0.25, 0.3) is 0 Å². The van der Waals surface area contributed by atoms with Gasteiger partial charge >= 0.3 is 0 Å². The van der Waals surface area contributed by atoms with E-state index in [2.05, 4.69) is 12.1 Å². The molecule has 0 spiro atoms. The van der Waals surface area contributed by atoms with Crippen LogP contribution in [0.2, 0.25) is 0 Å². The second-order valence-electron chi connectivity index (χ2n) is 6.76. The van der Waals surface area contributed by atoms with E-state index in [1.165, 1.54) is 0 Å². The van der Waals surface area contributed by atoms with Crippen LogP contribution < -0.4 is 0 Å². The van der Waals surface area contributed by atoms with Gasteiger partial charge in [0, 0.05) is 12.0 Å². The molecule has 0 aromatic heterocycles. The predicted octanol–water partition coefficient (Wildman–Crippen LogP) is 5.10. The van der Waals surface area contributed by atoms with E-state index in [1.807, 2.05) is 68.5 Å². The molecule has 0 saturated carbocycles. The quantitative estimate of drug-likeness (QED) is 0.563. The van der Waals surface area contributed by atoms with Gasteiger partial charge in [-0.2, -0.15) is 0 Å². The van der Waals surface area contributed by atoms with Crippen LogP contribution in [0.5, 0.6) is 0 Å². The molecule has 1 heterocycles. The highest BCUT2D eigenvalue weighted by Crippen LogP contribution is 2.36. The smallest absolute Gasteiger partial charge is 0.185 e. The monoisotopic (exact) mass is 336 g/mol. The summed E-state index contributed by atoms with van der Waals surface area (Å²) in [6.07, 6.45) is 5.04. The van der Waals surface area contributed by atoms with Gasteiger partial charge in [-0.25, -0.2) is 0 Å². The van der Waals surface area contributed by atoms with Crippen LogP contribution in [-0.4, -0.2) is 17.7 Å². The van der Waals surface area contributed by atoms with Gasteiger partial charge in [0.2, 0.25) is 0 Å². The number of rotatable bonds is 5. The molecule has 0 bridgehead atoms. The Hall–Kier alpha value is -2.23. The molecule has 1 aliphatic heterocycles. The number of carbonyl (C=O) groups is 1. The first-order valence-electron chi connectivity index (χ1n) is 8.70. The summed E-state index contributed by atoms with van der Waals surface area (Å²) in [6, 6.07) is 19.5. The maximum Gasteiger partial charge on any atom is 0.185 e. The SMILES string of the molecule is CC1(C)O[C@@H](C/C=C/C(=O)c2ccccc2)C[C@@H](c2ccccc2)O1. The largest absolute Gasteiger partial charge is 0.347 e. The lowest BCUT2D eigenvalue weighted by Gasteiger charge is -2.40. The van der Waals surface area contributed by atoms with Crippen molar-refractivity contribution in [3.63, 3.8) is 0 Å². The first-order chi connectivity index (χ1) is 12.0. The fourth-order valence-corrected chi connectivity index (χ4v) is 3.15. The highest BCUT2D eigenvalue weighted by atomic mass is 16.7. The summed E-state index contributed by atoms with van der Waals surface area (Å²) in [5.41, 5.74) is 1.86. The van der Waals surface area contributed by atoms with Gasteiger partial charge in [-0.3, -0.25) is 4.79 Å². The van der Waals surface area contributed by atoms with Crippen molar-refractivity contribution in [1.82, 2.24) is 0 Å². The maximum atomic E-state index is 12.1. The molecule has 1 saturated heterocycles. The van der Waals surface area contributed by atoms with Gasteiger partial charge in [-0.1, -0.05) is 66.7 Å². The molecule has 3 rings (SSSR count). The minimum Gasteiger partial charge on any atom is -0.347 e. The van der Waals surface area contributed by atoms with Crippen LogP contribution in [0.25, 0.3) is 0 Å². The van der Waals surface area contributed by atoms with E-state index in [0.29, 0.717) is 12.0 Å². The molecule has 1 aliphatic rings. The van der Waals surface area contributed by atoms with Gasteiger partial charge in [-0.15, -0.1) is 0 Å². The maximum absolute atomic E-state index is 12.1. The summed E-state index contributed by atoms with van der Waals surface area (Å²) in [5.74, 6) is -0.618. The molecule has 0 N–H and O–H groups in total. The Bertz CT molecular complexity index is 719. The zero-order chi connectivity index (χ0) is 17.7.